The van der Waals surface area contributed by atoms with E-state index in [-0.39, 0.29) is 13.2 Å². The topological polar surface area (TPSA) is 60.9 Å². The minimum Gasteiger partial charge on any atom is -0.395 e. The molecule has 5 heteroatoms. The van der Waals surface area contributed by atoms with E-state index in [1.54, 1.807) is 6.92 Å². The Labute approximate surface area is 119 Å². The summed E-state index contributed by atoms with van der Waals surface area (Å²) < 4.78 is 0. The van der Waals surface area contributed by atoms with E-state index >= 15 is 0 Å². The Morgan fingerprint density at radius 3 is 2.35 bits per heavy atom. The number of benzene rings is 1. The molecule has 1 aromatic carbocycles. The van der Waals surface area contributed by atoms with Crippen LogP contribution in [-0.4, -0.2) is 48.1 Å². The molecule has 0 heterocycles. The van der Waals surface area contributed by atoms with Gasteiger partial charge in [-0.3, -0.25) is 9.59 Å². The van der Waals surface area contributed by atoms with Crippen LogP contribution in [0.5, 0.6) is 0 Å². The fourth-order valence-corrected chi connectivity index (χ4v) is 2.01. The zero-order valence-electron chi connectivity index (χ0n) is 12.3. The summed E-state index contributed by atoms with van der Waals surface area (Å²) in [6, 6.07) is 7.48. The lowest BCUT2D eigenvalue weighted by atomic mass is 10.2. The molecule has 0 saturated heterocycles. The van der Waals surface area contributed by atoms with E-state index in [0.717, 1.165) is 5.56 Å². The molecule has 20 heavy (non-hydrogen) atoms. The number of carbonyl (C=O) groups excluding carboxylic acids is 2. The summed E-state index contributed by atoms with van der Waals surface area (Å²) in [6.07, 6.45) is 0. The van der Waals surface area contributed by atoms with Gasteiger partial charge in [-0.1, -0.05) is 12.1 Å². The molecule has 0 bridgehead atoms. The maximum Gasteiger partial charge on any atom is 0.316 e. The van der Waals surface area contributed by atoms with Crippen LogP contribution in [0.1, 0.15) is 19.4 Å². The summed E-state index contributed by atoms with van der Waals surface area (Å²) in [7, 11) is 0. The second kappa shape index (κ2) is 7.65. The van der Waals surface area contributed by atoms with Crippen molar-refractivity contribution in [1.82, 2.24) is 4.90 Å². The molecule has 0 atom stereocenters. The number of aliphatic hydroxyl groups excluding tert-OH is 1. The van der Waals surface area contributed by atoms with Gasteiger partial charge in [0.25, 0.3) is 0 Å². The van der Waals surface area contributed by atoms with Gasteiger partial charge < -0.3 is 14.9 Å². The molecule has 0 spiro atoms. The molecule has 110 valence electrons. The number of carbonyl (C=O) groups is 2. The van der Waals surface area contributed by atoms with Gasteiger partial charge in [-0.05, 0) is 38.5 Å². The van der Waals surface area contributed by atoms with Gasteiger partial charge in [-0.15, -0.1) is 0 Å². The predicted molar refractivity (Wildman–Crippen MR) is 78.5 cm³/mol. The largest absolute Gasteiger partial charge is 0.395 e. The predicted octanol–water partition coefficient (Wildman–Crippen LogP) is 1.19. The number of nitrogens with zero attached hydrogens (tertiary/aromatic N) is 2. The summed E-state index contributed by atoms with van der Waals surface area (Å²) in [6.45, 7) is 6.39. The van der Waals surface area contributed by atoms with E-state index in [4.69, 9.17) is 5.11 Å². The number of amides is 2. The maximum atomic E-state index is 12.3. The quantitative estimate of drug-likeness (QED) is 0.823. The summed E-state index contributed by atoms with van der Waals surface area (Å²) in [5.74, 6) is -1.14. The van der Waals surface area contributed by atoms with E-state index in [1.165, 1.54) is 9.80 Å². The van der Waals surface area contributed by atoms with Gasteiger partial charge in [0.2, 0.25) is 0 Å². The molecular formula is C15H22N2O3. The van der Waals surface area contributed by atoms with Crippen molar-refractivity contribution in [3.63, 3.8) is 0 Å². The molecule has 0 aliphatic rings. The fraction of sp³-hybridized carbons (Fsp3) is 0.467. The number of hydrogen-bond donors (Lipinski definition) is 1. The monoisotopic (exact) mass is 278 g/mol. The Hall–Kier alpha value is -1.88. The maximum absolute atomic E-state index is 12.3. The molecule has 0 aliphatic heterocycles. The molecule has 0 aromatic heterocycles. The van der Waals surface area contributed by atoms with Crippen LogP contribution in [0.4, 0.5) is 5.69 Å². The van der Waals surface area contributed by atoms with Crippen LogP contribution < -0.4 is 4.90 Å². The first kappa shape index (κ1) is 16.2. The Kier molecular flexibility index (Phi) is 6.18. The first-order chi connectivity index (χ1) is 9.54. The second-order valence-corrected chi connectivity index (χ2v) is 4.50. The molecule has 0 fully saturated rings. The highest BCUT2D eigenvalue weighted by Crippen LogP contribution is 2.16. The number of likely N-dealkylation sites (N-methyl/N-ethyl adjacent to an activating group) is 2. The van der Waals surface area contributed by atoms with Gasteiger partial charge in [-0.2, -0.15) is 0 Å². The molecule has 0 unspecified atom stereocenters. The Bertz CT molecular complexity index is 474. The lowest BCUT2D eigenvalue weighted by Gasteiger charge is -2.25. The average molecular weight is 278 g/mol. The molecule has 0 saturated carbocycles. The zero-order valence-corrected chi connectivity index (χ0v) is 12.3. The van der Waals surface area contributed by atoms with Gasteiger partial charge in [0.05, 0.1) is 6.61 Å². The van der Waals surface area contributed by atoms with Crippen molar-refractivity contribution in [3.8, 4) is 0 Å². The van der Waals surface area contributed by atoms with E-state index in [0.29, 0.717) is 18.8 Å². The molecule has 0 radical (unpaired) electrons. The van der Waals surface area contributed by atoms with Crippen molar-refractivity contribution in [3.05, 3.63) is 29.8 Å². The number of anilines is 1. The van der Waals surface area contributed by atoms with Crippen molar-refractivity contribution in [2.45, 2.75) is 20.8 Å². The fourth-order valence-electron chi connectivity index (χ4n) is 2.01. The summed E-state index contributed by atoms with van der Waals surface area (Å²) in [5, 5.41) is 8.93. The number of aryl methyl sites for hydroxylation is 1. The van der Waals surface area contributed by atoms with E-state index in [2.05, 4.69) is 0 Å². The van der Waals surface area contributed by atoms with Gasteiger partial charge in [-0.25, -0.2) is 0 Å². The Morgan fingerprint density at radius 2 is 1.85 bits per heavy atom. The van der Waals surface area contributed by atoms with E-state index in [1.807, 2.05) is 38.1 Å². The van der Waals surface area contributed by atoms with Crippen LogP contribution in [0.15, 0.2) is 24.3 Å². The lowest BCUT2D eigenvalue weighted by molar-refractivity contribution is -0.144. The van der Waals surface area contributed by atoms with Crippen molar-refractivity contribution in [2.75, 3.05) is 31.1 Å². The third-order valence-corrected chi connectivity index (χ3v) is 3.10. The van der Waals surface area contributed by atoms with Crippen molar-refractivity contribution in [2.24, 2.45) is 0 Å². The smallest absolute Gasteiger partial charge is 0.316 e. The Balaban J connectivity index is 2.94. The van der Waals surface area contributed by atoms with Crippen LogP contribution in [0, 0.1) is 6.92 Å². The van der Waals surface area contributed by atoms with Crippen LogP contribution in [0.25, 0.3) is 0 Å². The first-order valence-corrected chi connectivity index (χ1v) is 6.83. The third-order valence-electron chi connectivity index (χ3n) is 3.10. The number of aliphatic hydroxyl groups is 1. The summed E-state index contributed by atoms with van der Waals surface area (Å²) in [4.78, 5) is 27.3. The molecule has 1 aromatic rings. The normalized spacial score (nSPS) is 10.2. The average Bonchev–Trinajstić information content (AvgIpc) is 2.44. The van der Waals surface area contributed by atoms with Gasteiger partial charge in [0.1, 0.15) is 0 Å². The third kappa shape index (κ3) is 3.81. The van der Waals surface area contributed by atoms with E-state index in [9.17, 15) is 9.59 Å². The number of hydrogen-bond acceptors (Lipinski definition) is 3. The molecule has 0 aliphatic carbocycles. The molecular weight excluding hydrogens is 256 g/mol. The minimum atomic E-state index is -0.579. The van der Waals surface area contributed by atoms with Gasteiger partial charge in [0, 0.05) is 25.3 Å². The van der Waals surface area contributed by atoms with Crippen LogP contribution >= 0.6 is 0 Å². The second-order valence-electron chi connectivity index (χ2n) is 4.50. The standard InChI is InChI=1S/C15H22N2O3/c1-4-16(9-10-18)14(19)15(20)17(5-2)13-8-6-7-12(3)11-13/h6-8,11,18H,4-5,9-10H2,1-3H3. The van der Waals surface area contributed by atoms with Crippen molar-refractivity contribution < 1.29 is 14.7 Å². The highest BCUT2D eigenvalue weighted by atomic mass is 16.3. The summed E-state index contributed by atoms with van der Waals surface area (Å²) >= 11 is 0. The van der Waals surface area contributed by atoms with Crippen LogP contribution in [0.2, 0.25) is 0 Å². The highest BCUT2D eigenvalue weighted by molar-refractivity contribution is 6.40. The number of rotatable bonds is 5. The SMILES string of the molecule is CCN(CCO)C(=O)C(=O)N(CC)c1cccc(C)c1. The first-order valence-electron chi connectivity index (χ1n) is 6.83. The molecule has 1 rings (SSSR count). The molecule has 2 amide bonds. The van der Waals surface area contributed by atoms with Crippen molar-refractivity contribution >= 4 is 17.5 Å². The molecule has 5 nitrogen and oxygen atoms in total. The van der Waals surface area contributed by atoms with Crippen LogP contribution in [0.3, 0.4) is 0 Å². The highest BCUT2D eigenvalue weighted by Gasteiger charge is 2.26. The van der Waals surface area contributed by atoms with Crippen LogP contribution in [-0.2, 0) is 9.59 Å². The molecule has 1 N–H and O–H groups in total. The van der Waals surface area contributed by atoms with Gasteiger partial charge in [0.15, 0.2) is 0 Å². The van der Waals surface area contributed by atoms with E-state index < -0.39 is 11.8 Å². The zero-order chi connectivity index (χ0) is 15.1. The van der Waals surface area contributed by atoms with Gasteiger partial charge >= 0.3 is 11.8 Å². The lowest BCUT2D eigenvalue weighted by Crippen LogP contribution is -2.46. The van der Waals surface area contributed by atoms with Crippen molar-refractivity contribution in [1.29, 1.82) is 0 Å². The minimum absolute atomic E-state index is 0.149. The summed E-state index contributed by atoms with van der Waals surface area (Å²) in [5.41, 5.74) is 1.75. The Morgan fingerprint density at radius 1 is 1.15 bits per heavy atom.